The molecule has 0 saturated carbocycles. The van der Waals surface area contributed by atoms with E-state index in [0.29, 0.717) is 12.1 Å². The van der Waals surface area contributed by atoms with Crippen molar-refractivity contribution in [1.29, 1.82) is 0 Å². The number of aryl methyl sites for hydroxylation is 1. The summed E-state index contributed by atoms with van der Waals surface area (Å²) in [7, 11) is 2.01. The van der Waals surface area contributed by atoms with Crippen molar-refractivity contribution in [3.8, 4) is 0 Å². The third-order valence-electron chi connectivity index (χ3n) is 4.23. The van der Waals surface area contributed by atoms with Crippen LogP contribution in [0.25, 0.3) is 0 Å². The van der Waals surface area contributed by atoms with Gasteiger partial charge in [-0.1, -0.05) is 12.1 Å². The lowest BCUT2D eigenvalue weighted by Crippen LogP contribution is -2.31. The van der Waals surface area contributed by atoms with Crippen molar-refractivity contribution in [1.82, 2.24) is 10.2 Å². The molecule has 1 aromatic carbocycles. The van der Waals surface area contributed by atoms with Gasteiger partial charge in [0.1, 0.15) is 5.82 Å². The first kappa shape index (κ1) is 11.2. The van der Waals surface area contributed by atoms with Crippen LogP contribution in [0.15, 0.2) is 18.2 Å². The Morgan fingerprint density at radius 2 is 2.24 bits per heavy atom. The Labute approximate surface area is 102 Å². The van der Waals surface area contributed by atoms with E-state index in [0.717, 1.165) is 31.5 Å². The van der Waals surface area contributed by atoms with Gasteiger partial charge in [0.05, 0.1) is 0 Å². The third-order valence-corrected chi connectivity index (χ3v) is 4.23. The molecule has 0 radical (unpaired) electrons. The Morgan fingerprint density at radius 1 is 1.35 bits per heavy atom. The van der Waals surface area contributed by atoms with Crippen LogP contribution < -0.4 is 5.32 Å². The highest BCUT2D eigenvalue weighted by Crippen LogP contribution is 2.38. The van der Waals surface area contributed by atoms with Gasteiger partial charge in [-0.25, -0.2) is 4.39 Å². The first-order valence-electron chi connectivity index (χ1n) is 6.48. The molecular weight excluding hydrogens is 215 g/mol. The molecule has 3 rings (SSSR count). The van der Waals surface area contributed by atoms with Crippen LogP contribution in [0.1, 0.15) is 30.0 Å². The Hall–Kier alpha value is -0.930. The van der Waals surface area contributed by atoms with Gasteiger partial charge in [-0.15, -0.1) is 0 Å². The van der Waals surface area contributed by atoms with Crippen molar-refractivity contribution in [3.63, 3.8) is 0 Å². The van der Waals surface area contributed by atoms with Gasteiger partial charge in [0.25, 0.3) is 0 Å². The fourth-order valence-corrected chi connectivity index (χ4v) is 3.28. The lowest BCUT2D eigenvalue weighted by molar-refractivity contribution is 0.235. The fraction of sp³-hybridized carbons (Fsp3) is 0.571. The molecule has 1 aromatic rings. The predicted octanol–water partition coefficient (Wildman–Crippen LogP) is 2.11. The number of rotatable bonds is 2. The van der Waals surface area contributed by atoms with Gasteiger partial charge < -0.3 is 5.32 Å². The minimum Gasteiger partial charge on any atom is -0.316 e. The molecule has 2 nitrogen and oxygen atoms in total. The first-order chi connectivity index (χ1) is 8.29. The number of nitrogens with zero attached hydrogens (tertiary/aromatic N) is 1. The van der Waals surface area contributed by atoms with Gasteiger partial charge in [-0.2, -0.15) is 0 Å². The molecule has 1 aliphatic heterocycles. The number of nitrogens with one attached hydrogen (secondary N) is 1. The Balaban J connectivity index is 1.84. The number of likely N-dealkylation sites (N-methyl/N-ethyl adjacent to an activating group) is 1. The molecule has 2 aliphatic rings. The Kier molecular flexibility index (Phi) is 2.89. The van der Waals surface area contributed by atoms with Crippen LogP contribution in [0, 0.1) is 5.82 Å². The van der Waals surface area contributed by atoms with Crippen molar-refractivity contribution in [3.05, 3.63) is 35.1 Å². The Morgan fingerprint density at radius 3 is 3.00 bits per heavy atom. The van der Waals surface area contributed by atoms with Crippen molar-refractivity contribution in [2.45, 2.75) is 31.3 Å². The molecule has 0 amide bonds. The SMILES string of the molecule is CN[C@@H]1CCN(C2CCc3cccc(F)c32)C1. The zero-order valence-corrected chi connectivity index (χ0v) is 10.2. The first-order valence-corrected chi connectivity index (χ1v) is 6.48. The number of benzene rings is 1. The number of halogens is 1. The second-order valence-electron chi connectivity index (χ2n) is 5.14. The fourth-order valence-electron chi connectivity index (χ4n) is 3.28. The van der Waals surface area contributed by atoms with Crippen molar-refractivity contribution in [2.75, 3.05) is 20.1 Å². The van der Waals surface area contributed by atoms with Crippen molar-refractivity contribution in [2.24, 2.45) is 0 Å². The molecule has 1 unspecified atom stereocenters. The third kappa shape index (κ3) is 1.87. The van der Waals surface area contributed by atoms with E-state index in [1.54, 1.807) is 6.07 Å². The summed E-state index contributed by atoms with van der Waals surface area (Å²) in [4.78, 5) is 2.44. The summed E-state index contributed by atoms with van der Waals surface area (Å²) < 4.78 is 13.9. The van der Waals surface area contributed by atoms with Crippen LogP contribution in [0.3, 0.4) is 0 Å². The van der Waals surface area contributed by atoms with Crippen molar-refractivity contribution >= 4 is 0 Å². The standard InChI is InChI=1S/C14H19FN2/c1-16-11-7-8-17(9-11)13-6-5-10-3-2-4-12(15)14(10)13/h2-4,11,13,16H,5-9H2,1H3/t11-,13?/m1/s1. The number of hydrogen-bond donors (Lipinski definition) is 1. The molecule has 92 valence electrons. The van der Waals surface area contributed by atoms with Gasteiger partial charge >= 0.3 is 0 Å². The maximum atomic E-state index is 13.9. The highest BCUT2D eigenvalue weighted by Gasteiger charge is 2.34. The molecular formula is C14H19FN2. The average molecular weight is 234 g/mol. The second kappa shape index (κ2) is 4.39. The van der Waals surface area contributed by atoms with Crippen LogP contribution in [0.5, 0.6) is 0 Å². The van der Waals surface area contributed by atoms with E-state index in [1.807, 2.05) is 13.1 Å². The second-order valence-corrected chi connectivity index (χ2v) is 5.14. The summed E-state index contributed by atoms with van der Waals surface area (Å²) >= 11 is 0. The van der Waals surface area contributed by atoms with E-state index in [4.69, 9.17) is 0 Å². The molecule has 1 aliphatic carbocycles. The summed E-state index contributed by atoms with van der Waals surface area (Å²) in [5.41, 5.74) is 2.17. The highest BCUT2D eigenvalue weighted by molar-refractivity contribution is 5.36. The van der Waals surface area contributed by atoms with Gasteiger partial charge in [-0.05, 0) is 37.9 Å². The number of likely N-dealkylation sites (tertiary alicyclic amines) is 1. The molecule has 1 saturated heterocycles. The van der Waals surface area contributed by atoms with Gasteiger partial charge in [0, 0.05) is 30.7 Å². The van der Waals surface area contributed by atoms with E-state index in [9.17, 15) is 4.39 Å². The molecule has 1 N–H and O–H groups in total. The maximum Gasteiger partial charge on any atom is 0.128 e. The van der Waals surface area contributed by atoms with Crippen LogP contribution >= 0.6 is 0 Å². The topological polar surface area (TPSA) is 15.3 Å². The van der Waals surface area contributed by atoms with E-state index in [1.165, 1.54) is 12.0 Å². The highest BCUT2D eigenvalue weighted by atomic mass is 19.1. The summed E-state index contributed by atoms with van der Waals surface area (Å²) in [6.45, 7) is 2.14. The molecule has 1 heterocycles. The lowest BCUT2D eigenvalue weighted by atomic mass is 10.1. The molecule has 0 bridgehead atoms. The molecule has 17 heavy (non-hydrogen) atoms. The smallest absolute Gasteiger partial charge is 0.128 e. The largest absolute Gasteiger partial charge is 0.316 e. The average Bonchev–Trinajstić information content (AvgIpc) is 2.94. The number of hydrogen-bond acceptors (Lipinski definition) is 2. The lowest BCUT2D eigenvalue weighted by Gasteiger charge is -2.25. The normalized spacial score (nSPS) is 28.6. The number of fused-ring (bicyclic) bond motifs is 1. The molecule has 1 fully saturated rings. The van der Waals surface area contributed by atoms with E-state index >= 15 is 0 Å². The van der Waals surface area contributed by atoms with E-state index in [-0.39, 0.29) is 5.82 Å². The molecule has 3 heteroatoms. The van der Waals surface area contributed by atoms with Crippen molar-refractivity contribution < 1.29 is 4.39 Å². The summed E-state index contributed by atoms with van der Waals surface area (Å²) in [5.74, 6) is -0.0158. The van der Waals surface area contributed by atoms with E-state index < -0.39 is 0 Å². The quantitative estimate of drug-likeness (QED) is 0.843. The van der Waals surface area contributed by atoms with Crippen LogP contribution in [0.4, 0.5) is 4.39 Å². The van der Waals surface area contributed by atoms with Crippen LogP contribution in [-0.4, -0.2) is 31.1 Å². The minimum atomic E-state index is -0.0158. The molecule has 2 atom stereocenters. The maximum absolute atomic E-state index is 13.9. The van der Waals surface area contributed by atoms with Gasteiger partial charge in [0.2, 0.25) is 0 Å². The predicted molar refractivity (Wildman–Crippen MR) is 66.5 cm³/mol. The summed E-state index contributed by atoms with van der Waals surface area (Å²) in [6, 6.07) is 6.39. The van der Waals surface area contributed by atoms with E-state index in [2.05, 4.69) is 16.3 Å². The minimum absolute atomic E-state index is 0.0158. The summed E-state index contributed by atoms with van der Waals surface area (Å²) in [6.07, 6.45) is 3.28. The zero-order chi connectivity index (χ0) is 11.8. The van der Waals surface area contributed by atoms with Gasteiger partial charge in [-0.3, -0.25) is 4.90 Å². The zero-order valence-electron chi connectivity index (χ0n) is 10.2. The molecule has 0 spiro atoms. The van der Waals surface area contributed by atoms with Crippen LogP contribution in [-0.2, 0) is 6.42 Å². The summed E-state index contributed by atoms with van der Waals surface area (Å²) in [5, 5.41) is 3.32. The van der Waals surface area contributed by atoms with Gasteiger partial charge in [0.15, 0.2) is 0 Å². The Bertz CT molecular complexity index is 419. The van der Waals surface area contributed by atoms with Crippen LogP contribution in [0.2, 0.25) is 0 Å². The molecule has 0 aromatic heterocycles. The monoisotopic (exact) mass is 234 g/mol.